The van der Waals surface area contributed by atoms with Gasteiger partial charge in [0.2, 0.25) is 5.91 Å². The van der Waals surface area contributed by atoms with Crippen molar-refractivity contribution in [1.82, 2.24) is 0 Å². The van der Waals surface area contributed by atoms with Gasteiger partial charge in [-0.1, -0.05) is 30.3 Å². The first-order valence-electron chi connectivity index (χ1n) is 7.50. The number of benzene rings is 2. The molecule has 0 radical (unpaired) electrons. The Hall–Kier alpha value is -2.27. The number of carbonyl (C=O) groups is 2. The maximum Gasteiger partial charge on any atom is 0.340 e. The Bertz CT molecular complexity index is 720. The molecule has 118 valence electrons. The van der Waals surface area contributed by atoms with Gasteiger partial charge in [-0.2, -0.15) is 0 Å². The van der Waals surface area contributed by atoms with Crippen molar-refractivity contribution in [2.24, 2.45) is 0 Å². The van der Waals surface area contributed by atoms with Gasteiger partial charge >= 0.3 is 5.97 Å². The van der Waals surface area contributed by atoms with Crippen LogP contribution in [0.4, 0.5) is 5.69 Å². The quantitative estimate of drug-likeness (QED) is 0.873. The number of thioether (sulfide) groups is 1. The molecule has 2 aromatic carbocycles. The number of ether oxygens (including phenoxy) is 1. The lowest BCUT2D eigenvalue weighted by Gasteiger charge is -2.13. The summed E-state index contributed by atoms with van der Waals surface area (Å²) >= 11 is 1.56. The normalized spacial score (nSPS) is 15.8. The van der Waals surface area contributed by atoms with E-state index >= 15 is 0 Å². The van der Waals surface area contributed by atoms with Gasteiger partial charge in [-0.05, 0) is 37.1 Å². The summed E-state index contributed by atoms with van der Waals surface area (Å²) in [5, 5.41) is 2.69. The molecule has 1 heterocycles. The van der Waals surface area contributed by atoms with E-state index < -0.39 is 5.97 Å². The van der Waals surface area contributed by atoms with E-state index in [1.54, 1.807) is 43.0 Å². The summed E-state index contributed by atoms with van der Waals surface area (Å²) in [7, 11) is 0. The zero-order valence-corrected chi connectivity index (χ0v) is 13.6. The van der Waals surface area contributed by atoms with Crippen LogP contribution in [0.3, 0.4) is 0 Å². The minimum Gasteiger partial charge on any atom is -0.462 e. The molecule has 1 aliphatic rings. The molecule has 0 spiro atoms. The van der Waals surface area contributed by atoms with E-state index in [-0.39, 0.29) is 11.2 Å². The van der Waals surface area contributed by atoms with Crippen molar-refractivity contribution >= 4 is 29.3 Å². The van der Waals surface area contributed by atoms with E-state index in [2.05, 4.69) is 5.32 Å². The molecular formula is C18H17NO3S. The second-order valence-corrected chi connectivity index (χ2v) is 6.42. The Morgan fingerprint density at radius 1 is 1.17 bits per heavy atom. The van der Waals surface area contributed by atoms with Gasteiger partial charge in [-0.25, -0.2) is 4.79 Å². The largest absolute Gasteiger partial charge is 0.462 e. The summed E-state index contributed by atoms with van der Waals surface area (Å²) < 4.78 is 5.03. The van der Waals surface area contributed by atoms with Gasteiger partial charge < -0.3 is 10.1 Å². The summed E-state index contributed by atoms with van der Waals surface area (Å²) in [6, 6.07) is 14.9. The first-order valence-corrected chi connectivity index (χ1v) is 8.38. The Morgan fingerprint density at radius 3 is 2.70 bits per heavy atom. The van der Waals surface area contributed by atoms with Crippen molar-refractivity contribution in [1.29, 1.82) is 0 Å². The van der Waals surface area contributed by atoms with Crippen LogP contribution in [0, 0.1) is 0 Å². The number of hydrogen-bond donors (Lipinski definition) is 1. The third-order valence-electron chi connectivity index (χ3n) is 3.62. The van der Waals surface area contributed by atoms with Crippen LogP contribution in [0.15, 0.2) is 53.4 Å². The van der Waals surface area contributed by atoms with E-state index in [0.717, 1.165) is 4.90 Å². The molecule has 1 N–H and O–H groups in total. The smallest absolute Gasteiger partial charge is 0.340 e. The first-order chi connectivity index (χ1) is 11.2. The Kier molecular flexibility index (Phi) is 4.67. The summed E-state index contributed by atoms with van der Waals surface area (Å²) in [6.07, 6.45) is 0.703. The Morgan fingerprint density at radius 2 is 1.91 bits per heavy atom. The zero-order chi connectivity index (χ0) is 16.2. The molecule has 0 fully saturated rings. The minimum atomic E-state index is -0.425. The lowest BCUT2D eigenvalue weighted by Crippen LogP contribution is -2.25. The number of nitrogens with one attached hydrogen (secondary N) is 1. The molecule has 1 atom stereocenters. The summed E-state index contributed by atoms with van der Waals surface area (Å²) in [4.78, 5) is 25.6. The van der Waals surface area contributed by atoms with Crippen LogP contribution in [0.2, 0.25) is 0 Å². The maximum atomic E-state index is 12.5. The highest BCUT2D eigenvalue weighted by molar-refractivity contribution is 8.01. The molecule has 4 nitrogen and oxygen atoms in total. The van der Waals surface area contributed by atoms with Crippen molar-refractivity contribution in [3.05, 3.63) is 59.7 Å². The van der Waals surface area contributed by atoms with Crippen molar-refractivity contribution in [3.63, 3.8) is 0 Å². The van der Waals surface area contributed by atoms with Gasteiger partial charge in [0.15, 0.2) is 0 Å². The molecule has 5 heteroatoms. The lowest BCUT2D eigenvalue weighted by atomic mass is 10.1. The van der Waals surface area contributed by atoms with E-state index in [1.165, 1.54) is 5.56 Å². The van der Waals surface area contributed by atoms with E-state index in [0.29, 0.717) is 24.3 Å². The minimum absolute atomic E-state index is 0.0945. The molecule has 1 amide bonds. The number of esters is 1. The fraction of sp³-hybridized carbons (Fsp3) is 0.222. The molecule has 0 bridgehead atoms. The standard InChI is InChI=1S/C18H17NO3S/c1-2-22-18(21)13-8-4-5-9-14(13)19-17(20)16-11-12-7-3-6-10-15(12)23-16/h3-10,16H,2,11H2,1H3,(H,19,20). The highest BCUT2D eigenvalue weighted by atomic mass is 32.2. The fourth-order valence-electron chi connectivity index (χ4n) is 2.52. The number of para-hydroxylation sites is 1. The van der Waals surface area contributed by atoms with Gasteiger partial charge in [-0.15, -0.1) is 11.8 Å². The molecule has 0 saturated heterocycles. The van der Waals surface area contributed by atoms with Crippen LogP contribution in [0.5, 0.6) is 0 Å². The summed E-state index contributed by atoms with van der Waals surface area (Å²) in [5.74, 6) is -0.520. The Labute approximate surface area is 139 Å². The number of amides is 1. The average Bonchev–Trinajstić information content (AvgIpc) is 3.00. The molecule has 2 aromatic rings. The number of carbonyl (C=O) groups excluding carboxylic acids is 2. The maximum absolute atomic E-state index is 12.5. The third kappa shape index (κ3) is 3.40. The highest BCUT2D eigenvalue weighted by Crippen LogP contribution is 2.37. The van der Waals surface area contributed by atoms with Crippen molar-refractivity contribution in [2.45, 2.75) is 23.5 Å². The molecule has 0 aromatic heterocycles. The molecular weight excluding hydrogens is 310 g/mol. The molecule has 0 saturated carbocycles. The van der Waals surface area contributed by atoms with Crippen LogP contribution in [-0.4, -0.2) is 23.7 Å². The molecule has 1 aliphatic heterocycles. The van der Waals surface area contributed by atoms with Crippen molar-refractivity contribution in [2.75, 3.05) is 11.9 Å². The van der Waals surface area contributed by atoms with Crippen LogP contribution in [0.1, 0.15) is 22.8 Å². The van der Waals surface area contributed by atoms with Crippen LogP contribution >= 0.6 is 11.8 Å². The molecule has 3 rings (SSSR count). The monoisotopic (exact) mass is 327 g/mol. The number of fused-ring (bicyclic) bond motifs is 1. The second-order valence-electron chi connectivity index (χ2n) is 5.17. The summed E-state index contributed by atoms with van der Waals surface area (Å²) in [6.45, 7) is 2.06. The van der Waals surface area contributed by atoms with Crippen LogP contribution < -0.4 is 5.32 Å². The van der Waals surface area contributed by atoms with Crippen molar-refractivity contribution < 1.29 is 14.3 Å². The summed E-state index contributed by atoms with van der Waals surface area (Å²) in [5.41, 5.74) is 2.06. The Balaban J connectivity index is 1.73. The number of anilines is 1. The topological polar surface area (TPSA) is 55.4 Å². The van der Waals surface area contributed by atoms with Gasteiger partial charge in [0.1, 0.15) is 0 Å². The third-order valence-corrected chi connectivity index (χ3v) is 4.94. The van der Waals surface area contributed by atoms with Crippen LogP contribution in [0.25, 0.3) is 0 Å². The van der Waals surface area contributed by atoms with Gasteiger partial charge in [0.25, 0.3) is 0 Å². The van der Waals surface area contributed by atoms with Crippen LogP contribution in [-0.2, 0) is 16.0 Å². The SMILES string of the molecule is CCOC(=O)c1ccccc1NC(=O)C1Cc2ccccc2S1. The highest BCUT2D eigenvalue weighted by Gasteiger charge is 2.28. The predicted molar refractivity (Wildman–Crippen MR) is 90.8 cm³/mol. The fourth-order valence-corrected chi connectivity index (χ4v) is 3.72. The molecule has 23 heavy (non-hydrogen) atoms. The second kappa shape index (κ2) is 6.87. The predicted octanol–water partition coefficient (Wildman–Crippen LogP) is 3.52. The molecule has 0 aliphatic carbocycles. The van der Waals surface area contributed by atoms with Gasteiger partial charge in [0, 0.05) is 4.90 Å². The number of rotatable bonds is 4. The van der Waals surface area contributed by atoms with E-state index in [4.69, 9.17) is 4.74 Å². The van der Waals surface area contributed by atoms with E-state index in [9.17, 15) is 9.59 Å². The van der Waals surface area contributed by atoms with E-state index in [1.807, 2.05) is 24.3 Å². The average molecular weight is 327 g/mol. The zero-order valence-electron chi connectivity index (χ0n) is 12.7. The van der Waals surface area contributed by atoms with Gasteiger partial charge in [0.05, 0.1) is 23.1 Å². The van der Waals surface area contributed by atoms with Crippen molar-refractivity contribution in [3.8, 4) is 0 Å². The van der Waals surface area contributed by atoms with Gasteiger partial charge in [-0.3, -0.25) is 4.79 Å². The first kappa shape index (κ1) is 15.6. The lowest BCUT2D eigenvalue weighted by molar-refractivity contribution is -0.115. The number of hydrogen-bond acceptors (Lipinski definition) is 4. The molecule has 1 unspecified atom stereocenters.